The van der Waals surface area contributed by atoms with E-state index in [1.54, 1.807) is 6.20 Å². The Kier molecular flexibility index (Phi) is 4.78. The fraction of sp³-hybridized carbons (Fsp3) is 0.529. The molecule has 1 amide bonds. The molecule has 0 aliphatic carbocycles. The van der Waals surface area contributed by atoms with Crippen molar-refractivity contribution in [1.29, 1.82) is 0 Å². The zero-order valence-electron chi connectivity index (χ0n) is 14.3. The van der Waals surface area contributed by atoms with Crippen LogP contribution < -0.4 is 10.2 Å². The van der Waals surface area contributed by atoms with Gasteiger partial charge in [0.1, 0.15) is 5.82 Å². The van der Waals surface area contributed by atoms with Crippen LogP contribution in [0.3, 0.4) is 0 Å². The molecule has 0 radical (unpaired) electrons. The first-order chi connectivity index (χ1) is 11.5. The van der Waals surface area contributed by atoms with Crippen LogP contribution in [0.15, 0.2) is 22.9 Å². The van der Waals surface area contributed by atoms with E-state index in [2.05, 4.69) is 32.3 Å². The predicted octanol–water partition coefficient (Wildman–Crippen LogP) is 2.51. The number of nitrogens with one attached hydrogen (secondary N) is 1. The molecule has 7 heteroatoms. The van der Waals surface area contributed by atoms with E-state index < -0.39 is 0 Å². The number of carbonyl (C=O) groups excluding carboxylic acids is 1. The highest BCUT2D eigenvalue weighted by Gasteiger charge is 2.19. The van der Waals surface area contributed by atoms with E-state index in [4.69, 9.17) is 4.52 Å². The van der Waals surface area contributed by atoms with Crippen LogP contribution in [0.1, 0.15) is 44.3 Å². The monoisotopic (exact) mass is 329 g/mol. The van der Waals surface area contributed by atoms with Crippen molar-refractivity contribution in [3.63, 3.8) is 0 Å². The minimum absolute atomic E-state index is 0.0156. The van der Waals surface area contributed by atoms with Crippen LogP contribution in [-0.2, 0) is 0 Å². The molecule has 1 aliphatic rings. The Morgan fingerprint density at radius 1 is 1.38 bits per heavy atom. The van der Waals surface area contributed by atoms with Gasteiger partial charge in [-0.15, -0.1) is 0 Å². The van der Waals surface area contributed by atoms with Crippen LogP contribution in [-0.4, -0.2) is 40.2 Å². The molecule has 7 nitrogen and oxygen atoms in total. The zero-order chi connectivity index (χ0) is 17.1. The summed E-state index contributed by atoms with van der Waals surface area (Å²) >= 11 is 0. The van der Waals surface area contributed by atoms with Crippen LogP contribution in [0.25, 0.3) is 11.4 Å². The highest BCUT2D eigenvalue weighted by atomic mass is 16.5. The van der Waals surface area contributed by atoms with Gasteiger partial charge in [0.05, 0.1) is 0 Å². The molecule has 0 atom stereocenters. The fourth-order valence-electron chi connectivity index (χ4n) is 2.72. The van der Waals surface area contributed by atoms with Gasteiger partial charge in [0, 0.05) is 30.9 Å². The number of carbonyl (C=O) groups is 1. The Morgan fingerprint density at radius 2 is 2.12 bits per heavy atom. The van der Waals surface area contributed by atoms with Gasteiger partial charge in [0.15, 0.2) is 0 Å². The number of piperidine rings is 1. The number of rotatable bonds is 4. The molecule has 128 valence electrons. The Balaban J connectivity index is 1.77. The summed E-state index contributed by atoms with van der Waals surface area (Å²) in [7, 11) is 0. The van der Waals surface area contributed by atoms with Crippen LogP contribution in [0.2, 0.25) is 0 Å². The van der Waals surface area contributed by atoms with E-state index in [0.717, 1.165) is 30.4 Å². The van der Waals surface area contributed by atoms with E-state index in [1.165, 1.54) is 12.8 Å². The van der Waals surface area contributed by atoms with Crippen LogP contribution >= 0.6 is 0 Å². The van der Waals surface area contributed by atoms with Crippen molar-refractivity contribution in [2.24, 2.45) is 5.92 Å². The molecule has 1 saturated heterocycles. The highest BCUT2D eigenvalue weighted by Crippen LogP contribution is 2.24. The van der Waals surface area contributed by atoms with Gasteiger partial charge in [0.25, 0.3) is 0 Å². The van der Waals surface area contributed by atoms with E-state index in [9.17, 15) is 4.79 Å². The molecule has 0 spiro atoms. The topological polar surface area (TPSA) is 84.2 Å². The van der Waals surface area contributed by atoms with Gasteiger partial charge in [-0.1, -0.05) is 12.1 Å². The smallest absolute Gasteiger partial charge is 0.316 e. The first kappa shape index (κ1) is 16.4. The van der Waals surface area contributed by atoms with Crippen molar-refractivity contribution in [3.05, 3.63) is 24.2 Å². The Morgan fingerprint density at radius 3 is 2.83 bits per heavy atom. The van der Waals surface area contributed by atoms with Crippen molar-refractivity contribution >= 4 is 11.7 Å². The largest absolute Gasteiger partial charge is 0.357 e. The number of hydrogen-bond donors (Lipinski definition) is 1. The molecule has 0 aromatic carbocycles. The molecule has 1 N–H and O–H groups in total. The van der Waals surface area contributed by atoms with E-state index in [1.807, 2.05) is 26.0 Å². The lowest BCUT2D eigenvalue weighted by Gasteiger charge is -2.31. The molecule has 0 unspecified atom stereocenters. The van der Waals surface area contributed by atoms with Crippen molar-refractivity contribution in [3.8, 4) is 11.4 Å². The van der Waals surface area contributed by atoms with Gasteiger partial charge in [-0.05, 0) is 44.7 Å². The third-order valence-corrected chi connectivity index (χ3v) is 4.15. The maximum atomic E-state index is 11.9. The van der Waals surface area contributed by atoms with Gasteiger partial charge >= 0.3 is 11.8 Å². The first-order valence-corrected chi connectivity index (χ1v) is 8.39. The van der Waals surface area contributed by atoms with Gasteiger partial charge in [0.2, 0.25) is 5.82 Å². The van der Waals surface area contributed by atoms with Crippen molar-refractivity contribution in [1.82, 2.24) is 20.4 Å². The quantitative estimate of drug-likeness (QED) is 0.928. The third kappa shape index (κ3) is 3.72. The molecule has 2 aromatic heterocycles. The summed E-state index contributed by atoms with van der Waals surface area (Å²) in [6, 6.07) is 3.79. The molecule has 3 heterocycles. The highest BCUT2D eigenvalue weighted by molar-refractivity contribution is 5.90. The van der Waals surface area contributed by atoms with E-state index >= 15 is 0 Å². The summed E-state index contributed by atoms with van der Waals surface area (Å²) in [6.45, 7) is 8.05. The van der Waals surface area contributed by atoms with Crippen LogP contribution in [0.4, 0.5) is 5.82 Å². The number of nitrogens with zero attached hydrogens (tertiary/aromatic N) is 4. The molecule has 1 fully saturated rings. The molecular weight excluding hydrogens is 306 g/mol. The summed E-state index contributed by atoms with van der Waals surface area (Å²) < 4.78 is 5.07. The van der Waals surface area contributed by atoms with Crippen molar-refractivity contribution < 1.29 is 9.32 Å². The molecule has 1 aliphatic heterocycles. The van der Waals surface area contributed by atoms with Crippen LogP contribution in [0.5, 0.6) is 0 Å². The van der Waals surface area contributed by atoms with Crippen LogP contribution in [0, 0.1) is 5.92 Å². The summed E-state index contributed by atoms with van der Waals surface area (Å²) in [4.78, 5) is 22.8. The zero-order valence-corrected chi connectivity index (χ0v) is 14.3. The van der Waals surface area contributed by atoms with Gasteiger partial charge in [-0.25, -0.2) is 4.98 Å². The average molecular weight is 329 g/mol. The number of pyridine rings is 1. The summed E-state index contributed by atoms with van der Waals surface area (Å²) in [5.74, 6) is 1.70. The molecule has 0 bridgehead atoms. The molecular formula is C17H23N5O2. The minimum Gasteiger partial charge on any atom is -0.357 e. The third-order valence-electron chi connectivity index (χ3n) is 4.15. The lowest BCUT2D eigenvalue weighted by Crippen LogP contribution is -2.33. The average Bonchev–Trinajstić information content (AvgIpc) is 3.05. The summed E-state index contributed by atoms with van der Waals surface area (Å²) in [5, 5.41) is 6.66. The van der Waals surface area contributed by atoms with Crippen molar-refractivity contribution in [2.75, 3.05) is 18.0 Å². The normalized spacial score (nSPS) is 15.8. The summed E-state index contributed by atoms with van der Waals surface area (Å²) in [5.41, 5.74) is 0.797. The van der Waals surface area contributed by atoms with Gasteiger partial charge < -0.3 is 14.7 Å². The van der Waals surface area contributed by atoms with E-state index in [-0.39, 0.29) is 17.8 Å². The number of amides is 1. The summed E-state index contributed by atoms with van der Waals surface area (Å²) in [6.07, 6.45) is 4.09. The standard InChI is InChI=1S/C17H23N5O2/c1-11(2)19-16(23)17-20-15(21-24-17)13-4-7-18-14(10-13)22-8-5-12(3)6-9-22/h4,7,10-12H,5-6,8-9H2,1-3H3,(H,19,23). The Hall–Kier alpha value is -2.44. The lowest BCUT2D eigenvalue weighted by molar-refractivity contribution is 0.0899. The number of anilines is 1. The second-order valence-electron chi connectivity index (χ2n) is 6.62. The Bertz CT molecular complexity index is 705. The fourth-order valence-corrected chi connectivity index (χ4v) is 2.72. The minimum atomic E-state index is -0.358. The maximum Gasteiger partial charge on any atom is 0.316 e. The lowest BCUT2D eigenvalue weighted by atomic mass is 9.99. The second-order valence-corrected chi connectivity index (χ2v) is 6.62. The number of aromatic nitrogens is 3. The molecule has 0 saturated carbocycles. The maximum absolute atomic E-state index is 11.9. The first-order valence-electron chi connectivity index (χ1n) is 8.39. The van der Waals surface area contributed by atoms with Gasteiger partial charge in [-0.3, -0.25) is 4.79 Å². The molecule has 2 aromatic rings. The molecule has 24 heavy (non-hydrogen) atoms. The number of hydrogen-bond acceptors (Lipinski definition) is 6. The Labute approximate surface area is 141 Å². The molecule has 3 rings (SSSR count). The second kappa shape index (κ2) is 6.98. The van der Waals surface area contributed by atoms with Gasteiger partial charge in [-0.2, -0.15) is 4.98 Å². The SMILES string of the molecule is CC1CCN(c2cc(-c3noc(C(=O)NC(C)C)n3)ccn2)CC1. The predicted molar refractivity (Wildman–Crippen MR) is 90.7 cm³/mol. The van der Waals surface area contributed by atoms with E-state index in [0.29, 0.717) is 5.82 Å². The van der Waals surface area contributed by atoms with Crippen molar-refractivity contribution in [2.45, 2.75) is 39.7 Å².